The molecule has 1 aromatic rings. The standard InChI is InChI=1S/C11H13N3/c1-2-9-7-13-8-14-11(9)10-3-5-12-6-4-10/h3-5,7-8,12H,2,6H2,1H3. The number of rotatable bonds is 2. The molecule has 0 saturated carbocycles. The SMILES string of the molecule is CCc1cncnc1C1=CCNC=C1. The van der Waals surface area contributed by atoms with Gasteiger partial charge in [0.15, 0.2) is 0 Å². The van der Waals surface area contributed by atoms with Crippen LogP contribution in [0.1, 0.15) is 18.2 Å². The van der Waals surface area contributed by atoms with Gasteiger partial charge in [-0.05, 0) is 29.8 Å². The molecule has 1 aromatic heterocycles. The summed E-state index contributed by atoms with van der Waals surface area (Å²) in [5.74, 6) is 0. The van der Waals surface area contributed by atoms with Crippen LogP contribution in [0.4, 0.5) is 0 Å². The lowest BCUT2D eigenvalue weighted by Gasteiger charge is -2.10. The minimum Gasteiger partial charge on any atom is -0.387 e. The van der Waals surface area contributed by atoms with Gasteiger partial charge < -0.3 is 5.32 Å². The Balaban J connectivity index is 2.40. The van der Waals surface area contributed by atoms with Crippen molar-refractivity contribution in [2.45, 2.75) is 13.3 Å². The molecular weight excluding hydrogens is 174 g/mol. The molecule has 2 heterocycles. The fourth-order valence-corrected chi connectivity index (χ4v) is 1.51. The summed E-state index contributed by atoms with van der Waals surface area (Å²) < 4.78 is 0. The van der Waals surface area contributed by atoms with Gasteiger partial charge in [0, 0.05) is 12.7 Å². The zero-order valence-corrected chi connectivity index (χ0v) is 8.20. The van der Waals surface area contributed by atoms with Crippen molar-refractivity contribution < 1.29 is 0 Å². The molecule has 0 bridgehead atoms. The van der Waals surface area contributed by atoms with Crippen molar-refractivity contribution in [1.29, 1.82) is 0 Å². The third-order valence-electron chi connectivity index (χ3n) is 2.26. The van der Waals surface area contributed by atoms with Crippen LogP contribution in [0, 0.1) is 0 Å². The van der Waals surface area contributed by atoms with Crippen LogP contribution in [0.3, 0.4) is 0 Å². The Labute approximate surface area is 83.6 Å². The molecule has 3 heteroatoms. The van der Waals surface area contributed by atoms with Crippen molar-refractivity contribution in [2.24, 2.45) is 0 Å². The first kappa shape index (κ1) is 8.94. The summed E-state index contributed by atoms with van der Waals surface area (Å²) in [5.41, 5.74) is 3.44. The van der Waals surface area contributed by atoms with E-state index < -0.39 is 0 Å². The second kappa shape index (κ2) is 4.05. The molecule has 1 aliphatic rings. The van der Waals surface area contributed by atoms with E-state index in [4.69, 9.17) is 0 Å². The van der Waals surface area contributed by atoms with Crippen molar-refractivity contribution in [2.75, 3.05) is 6.54 Å². The van der Waals surface area contributed by atoms with E-state index in [0.717, 1.165) is 18.7 Å². The van der Waals surface area contributed by atoms with Crippen LogP contribution in [-0.2, 0) is 6.42 Å². The number of hydrogen-bond donors (Lipinski definition) is 1. The molecule has 72 valence electrons. The van der Waals surface area contributed by atoms with E-state index in [-0.39, 0.29) is 0 Å². The average Bonchev–Trinajstić information content (AvgIpc) is 2.30. The fraction of sp³-hybridized carbons (Fsp3) is 0.273. The van der Waals surface area contributed by atoms with Crippen LogP contribution < -0.4 is 5.32 Å². The average molecular weight is 187 g/mol. The largest absolute Gasteiger partial charge is 0.387 e. The molecule has 1 N–H and O–H groups in total. The van der Waals surface area contributed by atoms with E-state index in [1.807, 2.05) is 18.5 Å². The topological polar surface area (TPSA) is 37.8 Å². The normalized spacial score (nSPS) is 14.8. The van der Waals surface area contributed by atoms with E-state index in [1.54, 1.807) is 6.33 Å². The van der Waals surface area contributed by atoms with Gasteiger partial charge in [0.25, 0.3) is 0 Å². The minimum absolute atomic E-state index is 0.874. The molecule has 0 unspecified atom stereocenters. The summed E-state index contributed by atoms with van der Waals surface area (Å²) in [6.07, 6.45) is 10.6. The fourth-order valence-electron chi connectivity index (χ4n) is 1.51. The second-order valence-corrected chi connectivity index (χ2v) is 3.15. The maximum Gasteiger partial charge on any atom is 0.116 e. The highest BCUT2D eigenvalue weighted by Gasteiger charge is 2.06. The Kier molecular flexibility index (Phi) is 2.58. The predicted molar refractivity (Wildman–Crippen MR) is 56.5 cm³/mol. The smallest absolute Gasteiger partial charge is 0.116 e. The van der Waals surface area contributed by atoms with Gasteiger partial charge >= 0.3 is 0 Å². The molecule has 0 atom stereocenters. The van der Waals surface area contributed by atoms with E-state index >= 15 is 0 Å². The Hall–Kier alpha value is -1.64. The van der Waals surface area contributed by atoms with Crippen molar-refractivity contribution in [3.8, 4) is 0 Å². The maximum absolute atomic E-state index is 4.31. The first-order valence-electron chi connectivity index (χ1n) is 4.81. The number of nitrogens with zero attached hydrogens (tertiary/aromatic N) is 2. The first-order chi connectivity index (χ1) is 6.92. The van der Waals surface area contributed by atoms with Crippen molar-refractivity contribution in [3.05, 3.63) is 42.1 Å². The molecule has 14 heavy (non-hydrogen) atoms. The number of nitrogens with one attached hydrogen (secondary N) is 1. The van der Waals surface area contributed by atoms with Gasteiger partial charge in [0.2, 0.25) is 0 Å². The number of allylic oxidation sites excluding steroid dienone is 2. The van der Waals surface area contributed by atoms with E-state index in [2.05, 4.69) is 28.3 Å². The Morgan fingerprint density at radius 2 is 2.43 bits per heavy atom. The Morgan fingerprint density at radius 1 is 1.50 bits per heavy atom. The van der Waals surface area contributed by atoms with Gasteiger partial charge in [0.1, 0.15) is 6.33 Å². The summed E-state index contributed by atoms with van der Waals surface area (Å²) in [4.78, 5) is 8.35. The number of dihydropyridines is 1. The van der Waals surface area contributed by atoms with Gasteiger partial charge in [-0.1, -0.05) is 13.0 Å². The van der Waals surface area contributed by atoms with Gasteiger partial charge in [-0.3, -0.25) is 0 Å². The van der Waals surface area contributed by atoms with Gasteiger partial charge in [-0.15, -0.1) is 0 Å². The monoisotopic (exact) mass is 187 g/mol. The summed E-state index contributed by atoms with van der Waals surface area (Å²) in [6.45, 7) is 2.99. The maximum atomic E-state index is 4.31. The molecule has 3 nitrogen and oxygen atoms in total. The van der Waals surface area contributed by atoms with Crippen LogP contribution >= 0.6 is 0 Å². The molecule has 0 saturated heterocycles. The Morgan fingerprint density at radius 3 is 3.14 bits per heavy atom. The van der Waals surface area contributed by atoms with Crippen LogP contribution in [0.15, 0.2) is 30.9 Å². The van der Waals surface area contributed by atoms with Crippen molar-refractivity contribution in [3.63, 3.8) is 0 Å². The molecule has 0 aromatic carbocycles. The minimum atomic E-state index is 0.874. The Bertz CT molecular complexity index is 380. The summed E-state index contributed by atoms with van der Waals surface area (Å²) in [6, 6.07) is 0. The third kappa shape index (κ3) is 1.66. The quantitative estimate of drug-likeness (QED) is 0.763. The second-order valence-electron chi connectivity index (χ2n) is 3.15. The molecule has 1 aliphatic heterocycles. The van der Waals surface area contributed by atoms with Crippen LogP contribution in [0.5, 0.6) is 0 Å². The lowest BCUT2D eigenvalue weighted by atomic mass is 10.0. The molecule has 0 radical (unpaired) electrons. The predicted octanol–water partition coefficient (Wildman–Crippen LogP) is 1.54. The lowest BCUT2D eigenvalue weighted by Crippen LogP contribution is -2.09. The summed E-state index contributed by atoms with van der Waals surface area (Å²) >= 11 is 0. The zero-order valence-electron chi connectivity index (χ0n) is 8.20. The first-order valence-corrected chi connectivity index (χ1v) is 4.81. The van der Waals surface area contributed by atoms with Crippen molar-refractivity contribution in [1.82, 2.24) is 15.3 Å². The van der Waals surface area contributed by atoms with Crippen LogP contribution in [-0.4, -0.2) is 16.5 Å². The molecule has 0 amide bonds. The highest BCUT2D eigenvalue weighted by atomic mass is 14.8. The lowest BCUT2D eigenvalue weighted by molar-refractivity contribution is 0.966. The zero-order chi connectivity index (χ0) is 9.80. The van der Waals surface area contributed by atoms with Crippen LogP contribution in [0.2, 0.25) is 0 Å². The summed E-state index contributed by atoms with van der Waals surface area (Å²) in [7, 11) is 0. The molecular formula is C11H13N3. The molecule has 0 aliphatic carbocycles. The van der Waals surface area contributed by atoms with Gasteiger partial charge in [-0.25, -0.2) is 9.97 Å². The van der Waals surface area contributed by atoms with Gasteiger partial charge in [0.05, 0.1) is 5.69 Å². The molecule has 2 rings (SSSR count). The summed E-state index contributed by atoms with van der Waals surface area (Å²) in [5, 5.41) is 3.12. The van der Waals surface area contributed by atoms with Gasteiger partial charge in [-0.2, -0.15) is 0 Å². The number of aromatic nitrogens is 2. The van der Waals surface area contributed by atoms with Crippen molar-refractivity contribution >= 4 is 5.57 Å². The third-order valence-corrected chi connectivity index (χ3v) is 2.26. The van der Waals surface area contributed by atoms with Crippen LogP contribution in [0.25, 0.3) is 5.57 Å². The van der Waals surface area contributed by atoms with E-state index in [1.165, 1.54) is 11.1 Å². The molecule has 0 fully saturated rings. The highest BCUT2D eigenvalue weighted by molar-refractivity contribution is 5.74. The van der Waals surface area contributed by atoms with E-state index in [9.17, 15) is 0 Å². The number of hydrogen-bond acceptors (Lipinski definition) is 3. The molecule has 0 spiro atoms. The number of aryl methyl sites for hydroxylation is 1. The highest BCUT2D eigenvalue weighted by Crippen LogP contribution is 2.18. The van der Waals surface area contributed by atoms with E-state index in [0.29, 0.717) is 0 Å².